The average molecular weight is 392 g/mol. The van der Waals surface area contributed by atoms with Crippen LogP contribution in [-0.4, -0.2) is 16.6 Å². The molecule has 7 heteroatoms. The van der Waals surface area contributed by atoms with Gasteiger partial charge in [0.1, 0.15) is 5.78 Å². The molecule has 0 aromatic heterocycles. The van der Waals surface area contributed by atoms with Crippen LogP contribution in [0.15, 0.2) is 27.6 Å². The number of halogens is 5. The zero-order valence-corrected chi connectivity index (χ0v) is 12.3. The number of hydrogen-bond donors (Lipinski definition) is 0. The van der Waals surface area contributed by atoms with E-state index in [0.29, 0.717) is 10.0 Å². The summed E-state index contributed by atoms with van der Waals surface area (Å²) in [5, 5.41) is 0.191. The van der Waals surface area contributed by atoms with Crippen molar-refractivity contribution in [1.82, 2.24) is 0 Å². The van der Waals surface area contributed by atoms with Crippen LogP contribution in [0.3, 0.4) is 0 Å². The molecule has 1 aromatic rings. The van der Waals surface area contributed by atoms with Gasteiger partial charge in [-0.3, -0.25) is 4.79 Å². The molecule has 0 saturated carbocycles. The normalized spacial score (nSPS) is 11.6. The molecule has 94 valence electrons. The molecule has 0 atom stereocenters. The number of alkyl halides is 4. The predicted molar refractivity (Wildman–Crippen MR) is 68.6 cm³/mol. The van der Waals surface area contributed by atoms with Crippen LogP contribution in [0.4, 0.5) is 13.2 Å². The quantitative estimate of drug-likeness (QED) is 0.552. The van der Waals surface area contributed by atoms with E-state index in [1.165, 1.54) is 18.2 Å². The van der Waals surface area contributed by atoms with Crippen molar-refractivity contribution in [1.29, 1.82) is 0 Å². The van der Waals surface area contributed by atoms with Crippen molar-refractivity contribution in [3.05, 3.63) is 28.2 Å². The molecule has 0 fully saturated rings. The molecule has 0 N–H and O–H groups in total. The Balaban J connectivity index is 2.90. The summed E-state index contributed by atoms with van der Waals surface area (Å²) in [6.07, 6.45) is 0.109. The Bertz CT molecular complexity index is 421. The predicted octanol–water partition coefficient (Wildman–Crippen LogP) is 4.57. The van der Waals surface area contributed by atoms with Crippen molar-refractivity contribution in [3.8, 4) is 0 Å². The van der Waals surface area contributed by atoms with E-state index in [0.717, 1.165) is 0 Å². The van der Waals surface area contributed by atoms with Crippen LogP contribution >= 0.6 is 43.6 Å². The maximum absolute atomic E-state index is 12.2. The van der Waals surface area contributed by atoms with Crippen LogP contribution in [0.5, 0.6) is 0 Å². The van der Waals surface area contributed by atoms with Gasteiger partial charge in [-0.05, 0) is 35.5 Å². The fourth-order valence-corrected chi connectivity index (χ4v) is 2.33. The SMILES string of the molecule is O=C(CBr)Cc1cc(SC(F)(F)F)ccc1Br. The van der Waals surface area contributed by atoms with E-state index in [9.17, 15) is 18.0 Å². The number of hydrogen-bond acceptors (Lipinski definition) is 2. The lowest BCUT2D eigenvalue weighted by atomic mass is 10.1. The second-order valence-corrected chi connectivity index (χ2v) is 5.70. The fraction of sp³-hybridized carbons (Fsp3) is 0.300. The number of rotatable bonds is 4. The van der Waals surface area contributed by atoms with Crippen molar-refractivity contribution >= 4 is 49.4 Å². The van der Waals surface area contributed by atoms with Gasteiger partial charge in [-0.25, -0.2) is 0 Å². The molecule has 0 spiro atoms. The van der Waals surface area contributed by atoms with Gasteiger partial charge in [0.25, 0.3) is 0 Å². The molecule has 17 heavy (non-hydrogen) atoms. The van der Waals surface area contributed by atoms with Crippen molar-refractivity contribution in [2.45, 2.75) is 16.8 Å². The lowest BCUT2D eigenvalue weighted by Crippen LogP contribution is -2.05. The number of benzene rings is 1. The van der Waals surface area contributed by atoms with E-state index in [1.807, 2.05) is 0 Å². The highest BCUT2D eigenvalue weighted by atomic mass is 79.9. The summed E-state index contributed by atoms with van der Waals surface area (Å²) in [7, 11) is 0. The molecule has 0 aliphatic rings. The van der Waals surface area contributed by atoms with Gasteiger partial charge in [-0.15, -0.1) is 0 Å². The molecular weight excluding hydrogens is 385 g/mol. The summed E-state index contributed by atoms with van der Waals surface area (Å²) in [6.45, 7) is 0. The monoisotopic (exact) mass is 390 g/mol. The second-order valence-electron chi connectivity index (χ2n) is 3.15. The summed E-state index contributed by atoms with van der Waals surface area (Å²) in [6, 6.07) is 4.26. The van der Waals surface area contributed by atoms with Gasteiger partial charge in [0.15, 0.2) is 0 Å². The molecule has 0 heterocycles. The third-order valence-electron chi connectivity index (χ3n) is 1.79. The first kappa shape index (κ1) is 15.0. The van der Waals surface area contributed by atoms with Gasteiger partial charge in [0.05, 0.1) is 5.33 Å². The molecule has 0 amide bonds. The van der Waals surface area contributed by atoms with Crippen molar-refractivity contribution < 1.29 is 18.0 Å². The highest BCUT2D eigenvalue weighted by Gasteiger charge is 2.29. The largest absolute Gasteiger partial charge is 0.446 e. The average Bonchev–Trinajstić information content (AvgIpc) is 2.20. The maximum Gasteiger partial charge on any atom is 0.446 e. The summed E-state index contributed by atoms with van der Waals surface area (Å²) in [5.74, 6) is -0.0835. The highest BCUT2D eigenvalue weighted by molar-refractivity contribution is 9.10. The molecule has 0 radical (unpaired) electrons. The molecule has 1 nitrogen and oxygen atoms in total. The van der Waals surface area contributed by atoms with Crippen LogP contribution < -0.4 is 0 Å². The molecule has 0 unspecified atom stereocenters. The van der Waals surface area contributed by atoms with Gasteiger partial charge in [-0.1, -0.05) is 31.9 Å². The van der Waals surface area contributed by atoms with Crippen LogP contribution in [0.1, 0.15) is 5.56 Å². The molecule has 1 aromatic carbocycles. The summed E-state index contributed by atoms with van der Waals surface area (Å²) >= 11 is 6.04. The molecule has 0 bridgehead atoms. The van der Waals surface area contributed by atoms with Gasteiger partial charge in [0.2, 0.25) is 0 Å². The summed E-state index contributed by atoms with van der Waals surface area (Å²) in [5.41, 5.74) is -3.76. The van der Waals surface area contributed by atoms with E-state index >= 15 is 0 Å². The summed E-state index contributed by atoms with van der Waals surface area (Å²) in [4.78, 5) is 11.3. The molecule has 1 rings (SSSR count). The highest BCUT2D eigenvalue weighted by Crippen LogP contribution is 2.38. The van der Waals surface area contributed by atoms with Gasteiger partial charge >= 0.3 is 5.51 Å². The third-order valence-corrected chi connectivity index (χ3v) is 3.91. The number of carbonyl (C=O) groups excluding carboxylic acids is 1. The Morgan fingerprint density at radius 2 is 2.00 bits per heavy atom. The second kappa shape index (κ2) is 6.24. The zero-order valence-electron chi connectivity index (χ0n) is 8.35. The first-order valence-corrected chi connectivity index (χ1v) is 7.17. The first-order valence-electron chi connectivity index (χ1n) is 4.43. The van der Waals surface area contributed by atoms with Crippen molar-refractivity contribution in [2.75, 3.05) is 5.33 Å². The van der Waals surface area contributed by atoms with Crippen LogP contribution in [0.2, 0.25) is 0 Å². The first-order chi connectivity index (χ1) is 7.81. The number of ketones is 1. The topological polar surface area (TPSA) is 17.1 Å². The zero-order chi connectivity index (χ0) is 13.1. The van der Waals surface area contributed by atoms with E-state index in [2.05, 4.69) is 31.9 Å². The summed E-state index contributed by atoms with van der Waals surface area (Å²) < 4.78 is 37.2. The Morgan fingerprint density at radius 3 is 2.53 bits per heavy atom. The minimum atomic E-state index is -4.31. The number of thioether (sulfide) groups is 1. The third kappa shape index (κ3) is 5.44. The lowest BCUT2D eigenvalue weighted by molar-refractivity contribution is -0.115. The van der Waals surface area contributed by atoms with E-state index in [1.54, 1.807) is 0 Å². The van der Waals surface area contributed by atoms with Crippen LogP contribution in [0, 0.1) is 0 Å². The minimum absolute atomic E-state index is 0.0815. The van der Waals surface area contributed by atoms with Gasteiger partial charge in [-0.2, -0.15) is 13.2 Å². The minimum Gasteiger partial charge on any atom is -0.298 e. The van der Waals surface area contributed by atoms with E-state index in [4.69, 9.17) is 0 Å². The Labute approximate surface area is 117 Å². The van der Waals surface area contributed by atoms with Crippen LogP contribution in [0.25, 0.3) is 0 Å². The van der Waals surface area contributed by atoms with Crippen molar-refractivity contribution in [2.24, 2.45) is 0 Å². The molecule has 0 aliphatic carbocycles. The lowest BCUT2D eigenvalue weighted by Gasteiger charge is -2.08. The molecule has 0 saturated heterocycles. The molecular formula is C10H7Br2F3OS. The fourth-order valence-electron chi connectivity index (χ4n) is 1.14. The van der Waals surface area contributed by atoms with E-state index < -0.39 is 5.51 Å². The Hall–Kier alpha value is -0.0100. The maximum atomic E-state index is 12.2. The smallest absolute Gasteiger partial charge is 0.298 e. The number of carbonyl (C=O) groups is 1. The standard InChI is InChI=1S/C10H7Br2F3OS/c11-5-7(16)3-6-4-8(1-2-9(6)12)17-10(13,14)15/h1-2,4H,3,5H2. The Kier molecular flexibility index (Phi) is 5.53. The van der Waals surface area contributed by atoms with Gasteiger partial charge in [0, 0.05) is 15.8 Å². The van der Waals surface area contributed by atoms with Crippen molar-refractivity contribution in [3.63, 3.8) is 0 Å². The van der Waals surface area contributed by atoms with Crippen LogP contribution in [-0.2, 0) is 11.2 Å². The van der Waals surface area contributed by atoms with Gasteiger partial charge < -0.3 is 0 Å². The van der Waals surface area contributed by atoms with E-state index in [-0.39, 0.29) is 34.2 Å². The number of Topliss-reactive ketones (excluding diaryl/α,β-unsaturated/α-hetero) is 1. The Morgan fingerprint density at radius 1 is 1.35 bits per heavy atom. The molecule has 0 aliphatic heterocycles.